The highest BCUT2D eigenvalue weighted by Gasteiger charge is 2.11. The Labute approximate surface area is 113 Å². The van der Waals surface area contributed by atoms with Gasteiger partial charge in [-0.05, 0) is 19.1 Å². The molecule has 0 unspecified atom stereocenters. The largest absolute Gasteiger partial charge is 0.360 e. The van der Waals surface area contributed by atoms with Crippen molar-refractivity contribution in [1.82, 2.24) is 24.9 Å². The number of rotatable bonds is 3. The number of anilines is 1. The first-order valence-corrected chi connectivity index (χ1v) is 5.79. The normalized spacial score (nSPS) is 10.4. The fourth-order valence-electron chi connectivity index (χ4n) is 1.58. The zero-order chi connectivity index (χ0) is 13.9. The van der Waals surface area contributed by atoms with E-state index in [1.54, 1.807) is 48.4 Å². The molecule has 0 aliphatic carbocycles. The van der Waals surface area contributed by atoms with Crippen LogP contribution < -0.4 is 5.32 Å². The average Bonchev–Trinajstić information content (AvgIpc) is 3.11. The van der Waals surface area contributed by atoms with Gasteiger partial charge in [0.25, 0.3) is 5.91 Å². The van der Waals surface area contributed by atoms with Crippen molar-refractivity contribution in [3.8, 4) is 5.82 Å². The number of nitrogens with zero attached hydrogens (tertiary/aromatic N) is 5. The number of hydrogen-bond donors (Lipinski definition) is 1. The van der Waals surface area contributed by atoms with Crippen molar-refractivity contribution in [2.45, 2.75) is 6.92 Å². The van der Waals surface area contributed by atoms with Crippen LogP contribution in [0, 0.1) is 6.92 Å². The van der Waals surface area contributed by atoms with Crippen LogP contribution in [0.1, 0.15) is 16.2 Å². The minimum absolute atomic E-state index is 0.189. The smallest absolute Gasteiger partial charge is 0.277 e. The number of carbonyl (C=O) groups is 1. The summed E-state index contributed by atoms with van der Waals surface area (Å²) < 4.78 is 6.55. The van der Waals surface area contributed by atoms with Crippen LogP contribution in [0.5, 0.6) is 0 Å². The standard InChI is InChI=1S/C12H10N6O2/c1-8-6-10(17-20-8)14-12(19)9-2-3-11(16-15-9)18-5-4-13-7-18/h2-7H,1H3,(H,14,17,19). The molecule has 100 valence electrons. The lowest BCUT2D eigenvalue weighted by Crippen LogP contribution is -2.15. The Kier molecular flexibility index (Phi) is 2.96. The van der Waals surface area contributed by atoms with Crippen LogP contribution in [0.25, 0.3) is 5.82 Å². The van der Waals surface area contributed by atoms with E-state index in [4.69, 9.17) is 4.52 Å². The van der Waals surface area contributed by atoms with Gasteiger partial charge in [0.15, 0.2) is 17.3 Å². The summed E-state index contributed by atoms with van der Waals surface area (Å²) in [6.07, 6.45) is 4.97. The van der Waals surface area contributed by atoms with Crippen molar-refractivity contribution in [1.29, 1.82) is 0 Å². The maximum Gasteiger partial charge on any atom is 0.277 e. The van der Waals surface area contributed by atoms with E-state index in [1.165, 1.54) is 0 Å². The van der Waals surface area contributed by atoms with Crippen molar-refractivity contribution in [2.24, 2.45) is 0 Å². The van der Waals surface area contributed by atoms with E-state index in [9.17, 15) is 4.79 Å². The highest BCUT2D eigenvalue weighted by molar-refractivity contribution is 6.02. The van der Waals surface area contributed by atoms with Crippen molar-refractivity contribution in [2.75, 3.05) is 5.32 Å². The molecule has 0 fully saturated rings. The molecule has 3 heterocycles. The lowest BCUT2D eigenvalue weighted by molar-refractivity contribution is 0.102. The van der Waals surface area contributed by atoms with Crippen LogP contribution in [0.4, 0.5) is 5.82 Å². The van der Waals surface area contributed by atoms with Gasteiger partial charge in [0.2, 0.25) is 0 Å². The second kappa shape index (κ2) is 4.92. The number of carbonyl (C=O) groups excluding carboxylic acids is 1. The molecule has 0 aliphatic heterocycles. The Morgan fingerprint density at radius 3 is 2.85 bits per heavy atom. The zero-order valence-corrected chi connectivity index (χ0v) is 10.5. The summed E-state index contributed by atoms with van der Waals surface area (Å²) in [6, 6.07) is 4.87. The van der Waals surface area contributed by atoms with Gasteiger partial charge in [0, 0.05) is 18.5 Å². The van der Waals surface area contributed by atoms with Gasteiger partial charge < -0.3 is 9.84 Å². The Balaban J connectivity index is 1.75. The van der Waals surface area contributed by atoms with Gasteiger partial charge in [-0.2, -0.15) is 0 Å². The molecule has 1 amide bonds. The van der Waals surface area contributed by atoms with Crippen molar-refractivity contribution in [3.63, 3.8) is 0 Å². The molecule has 0 saturated heterocycles. The van der Waals surface area contributed by atoms with E-state index in [1.807, 2.05) is 0 Å². The second-order valence-electron chi connectivity index (χ2n) is 4.02. The summed E-state index contributed by atoms with van der Waals surface area (Å²) in [5.41, 5.74) is 0.189. The van der Waals surface area contributed by atoms with Gasteiger partial charge in [-0.15, -0.1) is 10.2 Å². The molecule has 3 aromatic heterocycles. The van der Waals surface area contributed by atoms with Crippen molar-refractivity contribution in [3.05, 3.63) is 48.4 Å². The molecule has 0 radical (unpaired) electrons. The van der Waals surface area contributed by atoms with Gasteiger partial charge >= 0.3 is 0 Å². The Hall–Kier alpha value is -3.03. The monoisotopic (exact) mass is 270 g/mol. The Bertz CT molecular complexity index is 717. The Morgan fingerprint density at radius 1 is 1.35 bits per heavy atom. The van der Waals surface area contributed by atoms with E-state index in [0.717, 1.165) is 0 Å². The fourth-order valence-corrected chi connectivity index (χ4v) is 1.58. The predicted octanol–water partition coefficient (Wildman–Crippen LogP) is 1.21. The predicted molar refractivity (Wildman–Crippen MR) is 68.3 cm³/mol. The molecule has 3 aromatic rings. The highest BCUT2D eigenvalue weighted by atomic mass is 16.5. The van der Waals surface area contributed by atoms with Crippen LogP contribution in [-0.4, -0.2) is 30.8 Å². The highest BCUT2D eigenvalue weighted by Crippen LogP contribution is 2.09. The molecule has 0 spiro atoms. The maximum absolute atomic E-state index is 11.9. The van der Waals surface area contributed by atoms with Crippen LogP contribution in [-0.2, 0) is 0 Å². The van der Waals surface area contributed by atoms with Crippen molar-refractivity contribution >= 4 is 11.7 Å². The third-order valence-electron chi connectivity index (χ3n) is 2.52. The fraction of sp³-hybridized carbons (Fsp3) is 0.0833. The van der Waals surface area contributed by atoms with Gasteiger partial charge in [0.1, 0.15) is 12.1 Å². The molecule has 20 heavy (non-hydrogen) atoms. The van der Waals surface area contributed by atoms with Gasteiger partial charge in [0.05, 0.1) is 0 Å². The number of amides is 1. The summed E-state index contributed by atoms with van der Waals surface area (Å²) in [6.45, 7) is 1.74. The molecule has 0 bridgehead atoms. The number of aromatic nitrogens is 5. The SMILES string of the molecule is Cc1cc(NC(=O)c2ccc(-n3ccnc3)nn2)no1. The molecule has 0 aliphatic rings. The van der Waals surface area contributed by atoms with E-state index in [0.29, 0.717) is 17.4 Å². The second-order valence-corrected chi connectivity index (χ2v) is 4.02. The topological polar surface area (TPSA) is 98.7 Å². The van der Waals surface area contributed by atoms with E-state index < -0.39 is 5.91 Å². The van der Waals surface area contributed by atoms with E-state index in [2.05, 4.69) is 25.7 Å². The summed E-state index contributed by atoms with van der Waals surface area (Å²) in [4.78, 5) is 15.8. The maximum atomic E-state index is 11.9. The van der Waals surface area contributed by atoms with Crippen LogP contribution in [0.15, 0.2) is 41.4 Å². The molecule has 0 atom stereocenters. The van der Waals surface area contributed by atoms with E-state index >= 15 is 0 Å². The molecule has 3 rings (SSSR count). The van der Waals surface area contributed by atoms with Gasteiger partial charge in [-0.1, -0.05) is 5.16 Å². The number of hydrogen-bond acceptors (Lipinski definition) is 6. The first-order chi connectivity index (χ1) is 9.72. The lowest BCUT2D eigenvalue weighted by Gasteiger charge is -2.02. The molecule has 0 aromatic carbocycles. The average molecular weight is 270 g/mol. The molecule has 8 nitrogen and oxygen atoms in total. The minimum Gasteiger partial charge on any atom is -0.360 e. The quantitative estimate of drug-likeness (QED) is 0.768. The third kappa shape index (κ3) is 2.39. The summed E-state index contributed by atoms with van der Waals surface area (Å²) >= 11 is 0. The molecule has 1 N–H and O–H groups in total. The van der Waals surface area contributed by atoms with Crippen LogP contribution in [0.2, 0.25) is 0 Å². The van der Waals surface area contributed by atoms with Gasteiger partial charge in [-0.25, -0.2) is 4.98 Å². The van der Waals surface area contributed by atoms with Crippen LogP contribution in [0.3, 0.4) is 0 Å². The number of nitrogens with one attached hydrogen (secondary N) is 1. The van der Waals surface area contributed by atoms with Gasteiger partial charge in [-0.3, -0.25) is 9.36 Å². The number of aryl methyl sites for hydroxylation is 1. The summed E-state index contributed by atoms with van der Waals surface area (Å²) in [7, 11) is 0. The zero-order valence-electron chi connectivity index (χ0n) is 10.5. The molecule has 0 saturated carbocycles. The molecule has 8 heteroatoms. The first kappa shape index (κ1) is 12.0. The minimum atomic E-state index is -0.400. The van der Waals surface area contributed by atoms with Crippen LogP contribution >= 0.6 is 0 Å². The number of imidazole rings is 1. The van der Waals surface area contributed by atoms with Crippen molar-refractivity contribution < 1.29 is 9.32 Å². The third-order valence-corrected chi connectivity index (χ3v) is 2.52. The Morgan fingerprint density at radius 2 is 2.25 bits per heavy atom. The first-order valence-electron chi connectivity index (χ1n) is 5.79. The molecular formula is C12H10N6O2. The summed E-state index contributed by atoms with van der Waals surface area (Å²) in [5.74, 6) is 1.13. The molecular weight excluding hydrogens is 260 g/mol. The van der Waals surface area contributed by atoms with E-state index in [-0.39, 0.29) is 5.69 Å². The lowest BCUT2D eigenvalue weighted by atomic mass is 10.3. The summed E-state index contributed by atoms with van der Waals surface area (Å²) in [5, 5.41) is 14.1.